The van der Waals surface area contributed by atoms with Crippen LogP contribution in [0, 0.1) is 20.8 Å². The lowest BCUT2D eigenvalue weighted by molar-refractivity contribution is -0.137. The smallest absolute Gasteiger partial charge is 0.326 e. The molecule has 146 valence electrons. The normalized spacial score (nSPS) is 11.5. The highest BCUT2D eigenvalue weighted by Gasteiger charge is 2.30. The van der Waals surface area contributed by atoms with Crippen LogP contribution in [0.2, 0.25) is 0 Å². The topological polar surface area (TPSA) is 59.8 Å². The minimum atomic E-state index is -4.44. The summed E-state index contributed by atoms with van der Waals surface area (Å²) >= 11 is 0. The summed E-state index contributed by atoms with van der Waals surface area (Å²) in [6, 6.07) is 9.67. The molecule has 1 N–H and O–H groups in total. The molecule has 0 saturated heterocycles. The van der Waals surface area contributed by atoms with Crippen LogP contribution < -0.4 is 5.32 Å². The first kappa shape index (κ1) is 19.6. The van der Waals surface area contributed by atoms with Crippen LogP contribution >= 0.6 is 0 Å². The van der Waals surface area contributed by atoms with Crippen molar-refractivity contribution in [1.29, 1.82) is 0 Å². The maximum Gasteiger partial charge on any atom is 0.417 e. The second-order valence-corrected chi connectivity index (χ2v) is 6.55. The number of carbonyl (C=O) groups excluding carboxylic acids is 1. The second-order valence-electron chi connectivity index (χ2n) is 6.55. The third-order valence-corrected chi connectivity index (χ3v) is 4.41. The van der Waals surface area contributed by atoms with Gasteiger partial charge in [0, 0.05) is 23.1 Å². The summed E-state index contributed by atoms with van der Waals surface area (Å²) in [5.74, 6) is 0.0637. The van der Waals surface area contributed by atoms with Crippen LogP contribution in [0.1, 0.15) is 28.1 Å². The SMILES string of the molecule is Cc1ccc(NC(=O)Cc2c(C)nn(-c3ccc(C(F)(F)F)cn3)c2C)cc1. The van der Waals surface area contributed by atoms with Gasteiger partial charge < -0.3 is 5.32 Å². The van der Waals surface area contributed by atoms with Gasteiger partial charge in [0.05, 0.1) is 17.7 Å². The van der Waals surface area contributed by atoms with Gasteiger partial charge in [-0.15, -0.1) is 0 Å². The van der Waals surface area contributed by atoms with Gasteiger partial charge in [0.2, 0.25) is 5.91 Å². The minimum Gasteiger partial charge on any atom is -0.326 e. The number of pyridine rings is 1. The molecule has 0 aliphatic rings. The van der Waals surface area contributed by atoms with E-state index < -0.39 is 11.7 Å². The zero-order valence-corrected chi connectivity index (χ0v) is 15.6. The molecule has 5 nitrogen and oxygen atoms in total. The van der Waals surface area contributed by atoms with E-state index in [-0.39, 0.29) is 18.1 Å². The number of hydrogen-bond acceptors (Lipinski definition) is 3. The highest BCUT2D eigenvalue weighted by Crippen LogP contribution is 2.29. The van der Waals surface area contributed by atoms with Crippen molar-refractivity contribution in [2.45, 2.75) is 33.4 Å². The van der Waals surface area contributed by atoms with E-state index >= 15 is 0 Å². The summed E-state index contributed by atoms with van der Waals surface area (Å²) in [6.07, 6.45) is -3.57. The molecular weight excluding hydrogens is 369 g/mol. The fraction of sp³-hybridized carbons (Fsp3) is 0.250. The van der Waals surface area contributed by atoms with Crippen LogP contribution in [0.25, 0.3) is 5.82 Å². The number of hydrogen-bond donors (Lipinski definition) is 1. The van der Waals surface area contributed by atoms with E-state index in [4.69, 9.17) is 0 Å². The Bertz CT molecular complexity index is 990. The molecular formula is C20H19F3N4O. The summed E-state index contributed by atoms with van der Waals surface area (Å²) in [7, 11) is 0. The van der Waals surface area contributed by atoms with Crippen molar-refractivity contribution in [3.05, 3.63) is 70.7 Å². The van der Waals surface area contributed by atoms with Crippen LogP contribution in [0.4, 0.5) is 18.9 Å². The number of nitrogens with zero attached hydrogens (tertiary/aromatic N) is 3. The molecule has 28 heavy (non-hydrogen) atoms. The van der Waals surface area contributed by atoms with Gasteiger partial charge in [-0.25, -0.2) is 9.67 Å². The van der Waals surface area contributed by atoms with Crippen molar-refractivity contribution in [2.24, 2.45) is 0 Å². The van der Waals surface area contributed by atoms with E-state index in [0.717, 1.165) is 17.8 Å². The molecule has 0 fully saturated rings. The Labute approximate surface area is 160 Å². The molecule has 0 atom stereocenters. The van der Waals surface area contributed by atoms with Crippen LogP contribution in [0.15, 0.2) is 42.6 Å². The van der Waals surface area contributed by atoms with E-state index in [1.54, 1.807) is 13.8 Å². The predicted octanol–water partition coefficient (Wildman–Crippen LogP) is 4.39. The molecule has 0 aliphatic carbocycles. The summed E-state index contributed by atoms with van der Waals surface area (Å²) in [6.45, 7) is 5.47. The van der Waals surface area contributed by atoms with Gasteiger partial charge in [0.1, 0.15) is 0 Å². The van der Waals surface area contributed by atoms with Gasteiger partial charge in [-0.1, -0.05) is 17.7 Å². The van der Waals surface area contributed by atoms with Crippen molar-refractivity contribution in [3.8, 4) is 5.82 Å². The average molecular weight is 388 g/mol. The standard InChI is InChI=1S/C20H19F3N4O/c1-12-4-7-16(8-5-12)25-19(28)10-17-13(2)26-27(14(17)3)18-9-6-15(11-24-18)20(21,22)23/h4-9,11H,10H2,1-3H3,(H,25,28). The molecule has 1 aromatic carbocycles. The van der Waals surface area contributed by atoms with Crippen molar-refractivity contribution in [2.75, 3.05) is 5.32 Å². The van der Waals surface area contributed by atoms with Crippen molar-refractivity contribution >= 4 is 11.6 Å². The molecule has 2 aromatic heterocycles. The van der Waals surface area contributed by atoms with Crippen LogP contribution in [-0.4, -0.2) is 20.7 Å². The molecule has 0 radical (unpaired) electrons. The first-order valence-corrected chi connectivity index (χ1v) is 8.60. The molecule has 3 aromatic rings. The number of amides is 1. The maximum absolute atomic E-state index is 12.7. The largest absolute Gasteiger partial charge is 0.417 e. The van der Waals surface area contributed by atoms with Gasteiger partial charge in [0.25, 0.3) is 0 Å². The van der Waals surface area contributed by atoms with E-state index in [2.05, 4.69) is 15.4 Å². The Balaban J connectivity index is 1.79. The number of alkyl halides is 3. The van der Waals surface area contributed by atoms with Crippen molar-refractivity contribution < 1.29 is 18.0 Å². The third kappa shape index (κ3) is 4.21. The first-order valence-electron chi connectivity index (χ1n) is 8.60. The lowest BCUT2D eigenvalue weighted by Gasteiger charge is -2.08. The lowest BCUT2D eigenvalue weighted by Crippen LogP contribution is -2.15. The number of benzene rings is 1. The van der Waals surface area contributed by atoms with Crippen LogP contribution in [-0.2, 0) is 17.4 Å². The van der Waals surface area contributed by atoms with Crippen LogP contribution in [0.5, 0.6) is 0 Å². The number of rotatable bonds is 4. The summed E-state index contributed by atoms with van der Waals surface area (Å²) < 4.78 is 39.6. The molecule has 2 heterocycles. The molecule has 8 heteroatoms. The Morgan fingerprint density at radius 2 is 1.75 bits per heavy atom. The third-order valence-electron chi connectivity index (χ3n) is 4.41. The zero-order chi connectivity index (χ0) is 20.5. The van der Waals surface area contributed by atoms with Crippen molar-refractivity contribution in [1.82, 2.24) is 14.8 Å². The maximum atomic E-state index is 12.7. The lowest BCUT2D eigenvalue weighted by atomic mass is 10.1. The molecule has 0 saturated carbocycles. The molecule has 0 unspecified atom stereocenters. The van der Waals surface area contributed by atoms with Crippen molar-refractivity contribution in [3.63, 3.8) is 0 Å². The number of halogens is 3. The van der Waals surface area contributed by atoms with E-state index in [1.165, 1.54) is 10.7 Å². The first-order chi connectivity index (χ1) is 13.1. The fourth-order valence-corrected chi connectivity index (χ4v) is 2.84. The van der Waals surface area contributed by atoms with Gasteiger partial charge in [-0.3, -0.25) is 4.79 Å². The van der Waals surface area contributed by atoms with Gasteiger partial charge >= 0.3 is 6.18 Å². The predicted molar refractivity (Wildman–Crippen MR) is 99.3 cm³/mol. The average Bonchev–Trinajstić information content (AvgIpc) is 2.91. The minimum absolute atomic E-state index is 0.103. The summed E-state index contributed by atoms with van der Waals surface area (Å²) in [4.78, 5) is 16.2. The van der Waals surface area contributed by atoms with Gasteiger partial charge in [-0.05, 0) is 45.0 Å². The quantitative estimate of drug-likeness (QED) is 0.721. The second kappa shape index (κ2) is 7.46. The number of aromatic nitrogens is 3. The highest BCUT2D eigenvalue weighted by atomic mass is 19.4. The Hall–Kier alpha value is -3.16. The van der Waals surface area contributed by atoms with E-state index in [1.807, 2.05) is 31.2 Å². The Morgan fingerprint density at radius 3 is 2.32 bits per heavy atom. The number of anilines is 1. The Kier molecular flexibility index (Phi) is 5.22. The van der Waals surface area contributed by atoms with E-state index in [9.17, 15) is 18.0 Å². The number of aryl methyl sites for hydroxylation is 2. The summed E-state index contributed by atoms with van der Waals surface area (Å²) in [5.41, 5.74) is 2.96. The van der Waals surface area contributed by atoms with Crippen LogP contribution in [0.3, 0.4) is 0 Å². The molecule has 1 amide bonds. The highest BCUT2D eigenvalue weighted by molar-refractivity contribution is 5.92. The molecule has 3 rings (SSSR count). The Morgan fingerprint density at radius 1 is 1.07 bits per heavy atom. The van der Waals surface area contributed by atoms with Gasteiger partial charge in [-0.2, -0.15) is 18.3 Å². The zero-order valence-electron chi connectivity index (χ0n) is 15.6. The number of nitrogens with one attached hydrogen (secondary N) is 1. The van der Waals surface area contributed by atoms with Gasteiger partial charge in [0.15, 0.2) is 5.82 Å². The molecule has 0 spiro atoms. The van der Waals surface area contributed by atoms with E-state index in [0.29, 0.717) is 22.6 Å². The monoisotopic (exact) mass is 388 g/mol. The molecule has 0 aliphatic heterocycles. The summed E-state index contributed by atoms with van der Waals surface area (Å²) in [5, 5.41) is 7.17. The number of carbonyl (C=O) groups is 1. The fourth-order valence-electron chi connectivity index (χ4n) is 2.84. The molecule has 0 bridgehead atoms.